The molecule has 0 aliphatic carbocycles. The van der Waals surface area contributed by atoms with Gasteiger partial charge in [-0.2, -0.15) is 0 Å². The van der Waals surface area contributed by atoms with Crippen molar-refractivity contribution >= 4 is 17.0 Å². The van der Waals surface area contributed by atoms with E-state index in [1.807, 2.05) is 29.6 Å². The number of ether oxygens (including phenoxy) is 1. The molecule has 1 fully saturated rings. The number of aliphatic hydroxyl groups excluding tert-OH is 1. The van der Waals surface area contributed by atoms with Gasteiger partial charge in [0.05, 0.1) is 19.3 Å². The molecule has 4 nitrogen and oxygen atoms in total. The first-order valence-corrected chi connectivity index (χ1v) is 8.99. The Morgan fingerprint density at radius 2 is 2.13 bits per heavy atom. The zero-order valence-corrected chi connectivity index (χ0v) is 14.0. The summed E-state index contributed by atoms with van der Waals surface area (Å²) in [6, 6.07) is 14.8. The number of nitrogens with one attached hydrogen (secondary N) is 1. The smallest absolute Gasteiger partial charge is 0.0900 e. The number of hydrogen-bond acceptors (Lipinski definition) is 5. The van der Waals surface area contributed by atoms with Crippen LogP contribution in [0.25, 0.3) is 0 Å². The molecule has 2 N–H and O–H groups in total. The van der Waals surface area contributed by atoms with E-state index in [-0.39, 0.29) is 0 Å². The number of β-amino-alcohol motifs (C(OH)–C–C–N with tert-alkyl or cyclic N) is 1. The molecule has 124 valence electrons. The van der Waals surface area contributed by atoms with E-state index in [4.69, 9.17) is 4.74 Å². The fourth-order valence-electron chi connectivity index (χ4n) is 2.93. The number of para-hydroxylation sites is 1. The van der Waals surface area contributed by atoms with E-state index in [1.165, 1.54) is 10.6 Å². The first-order chi connectivity index (χ1) is 11.3. The van der Waals surface area contributed by atoms with Gasteiger partial charge in [0.25, 0.3) is 0 Å². The average molecular weight is 332 g/mol. The van der Waals surface area contributed by atoms with Crippen molar-refractivity contribution in [1.29, 1.82) is 0 Å². The molecule has 1 aromatic carbocycles. The second kappa shape index (κ2) is 8.45. The molecule has 1 aliphatic rings. The van der Waals surface area contributed by atoms with Gasteiger partial charge < -0.3 is 15.2 Å². The van der Waals surface area contributed by atoms with E-state index < -0.39 is 6.10 Å². The molecule has 1 aliphatic heterocycles. The summed E-state index contributed by atoms with van der Waals surface area (Å²) in [7, 11) is 0. The number of benzene rings is 1. The molecule has 0 unspecified atom stereocenters. The molecule has 0 bridgehead atoms. The van der Waals surface area contributed by atoms with Crippen molar-refractivity contribution in [3.63, 3.8) is 0 Å². The normalized spacial score (nSPS) is 19.8. The SMILES string of the molecule is O[C@@H](COCc1cccs1)CN1CC[C@@H](Nc2ccccc2)C1. The summed E-state index contributed by atoms with van der Waals surface area (Å²) in [5.41, 5.74) is 1.17. The highest BCUT2D eigenvalue weighted by Crippen LogP contribution is 2.16. The van der Waals surface area contributed by atoms with Gasteiger partial charge in [-0.15, -0.1) is 11.3 Å². The summed E-state index contributed by atoms with van der Waals surface area (Å²) in [4.78, 5) is 3.50. The molecule has 1 saturated heterocycles. The van der Waals surface area contributed by atoms with E-state index in [1.54, 1.807) is 11.3 Å². The first-order valence-electron chi connectivity index (χ1n) is 8.12. The van der Waals surface area contributed by atoms with Crippen LogP contribution in [0.5, 0.6) is 0 Å². The van der Waals surface area contributed by atoms with Crippen molar-refractivity contribution in [2.45, 2.75) is 25.2 Å². The van der Waals surface area contributed by atoms with Gasteiger partial charge in [-0.25, -0.2) is 0 Å². The van der Waals surface area contributed by atoms with Crippen molar-refractivity contribution in [2.24, 2.45) is 0 Å². The van der Waals surface area contributed by atoms with Crippen molar-refractivity contribution in [2.75, 3.05) is 31.6 Å². The lowest BCUT2D eigenvalue weighted by Crippen LogP contribution is -2.35. The predicted octanol–water partition coefficient (Wildman–Crippen LogP) is 2.81. The minimum absolute atomic E-state index is 0.394. The van der Waals surface area contributed by atoms with Gasteiger partial charge in [0.2, 0.25) is 0 Å². The fourth-order valence-corrected chi connectivity index (χ4v) is 3.57. The molecule has 2 heterocycles. The van der Waals surface area contributed by atoms with Gasteiger partial charge in [-0.3, -0.25) is 4.90 Å². The lowest BCUT2D eigenvalue weighted by molar-refractivity contribution is 0.0141. The molecular weight excluding hydrogens is 308 g/mol. The fraction of sp³-hybridized carbons (Fsp3) is 0.444. The summed E-state index contributed by atoms with van der Waals surface area (Å²) < 4.78 is 5.59. The molecule has 0 amide bonds. The van der Waals surface area contributed by atoms with E-state index in [2.05, 4.69) is 28.4 Å². The van der Waals surface area contributed by atoms with Gasteiger partial charge in [-0.1, -0.05) is 24.3 Å². The van der Waals surface area contributed by atoms with Gasteiger partial charge in [0.15, 0.2) is 0 Å². The minimum Gasteiger partial charge on any atom is -0.389 e. The van der Waals surface area contributed by atoms with E-state index in [0.29, 0.717) is 25.8 Å². The number of rotatable bonds is 8. The first kappa shape index (κ1) is 16.5. The van der Waals surface area contributed by atoms with Crippen LogP contribution in [0.3, 0.4) is 0 Å². The maximum Gasteiger partial charge on any atom is 0.0900 e. The summed E-state index contributed by atoms with van der Waals surface area (Å²) in [5.74, 6) is 0. The third kappa shape index (κ3) is 5.32. The van der Waals surface area contributed by atoms with Gasteiger partial charge in [-0.05, 0) is 30.0 Å². The highest BCUT2D eigenvalue weighted by Gasteiger charge is 2.24. The van der Waals surface area contributed by atoms with E-state index in [0.717, 1.165) is 19.5 Å². The minimum atomic E-state index is -0.426. The Balaban J connectivity index is 1.34. The second-order valence-corrected chi connectivity index (χ2v) is 7.04. The molecule has 23 heavy (non-hydrogen) atoms. The van der Waals surface area contributed by atoms with Crippen LogP contribution in [-0.4, -0.2) is 48.4 Å². The van der Waals surface area contributed by atoms with Crippen LogP contribution in [0.4, 0.5) is 5.69 Å². The number of anilines is 1. The van der Waals surface area contributed by atoms with Crippen LogP contribution in [-0.2, 0) is 11.3 Å². The third-order valence-corrected chi connectivity index (χ3v) is 4.87. The number of aliphatic hydroxyl groups is 1. The Kier molecular flexibility index (Phi) is 6.05. The second-order valence-electron chi connectivity index (χ2n) is 6.00. The van der Waals surface area contributed by atoms with Crippen LogP contribution in [0.15, 0.2) is 47.8 Å². The highest BCUT2D eigenvalue weighted by molar-refractivity contribution is 7.09. The molecule has 2 atom stereocenters. The summed E-state index contributed by atoms with van der Waals surface area (Å²) in [5, 5.41) is 15.7. The Morgan fingerprint density at radius 3 is 2.91 bits per heavy atom. The Hall–Kier alpha value is -1.40. The van der Waals surface area contributed by atoms with Crippen molar-refractivity contribution in [1.82, 2.24) is 4.90 Å². The van der Waals surface area contributed by atoms with E-state index in [9.17, 15) is 5.11 Å². The standard InChI is InChI=1S/C18H24N2O2S/c21-17(13-22-14-18-7-4-10-23-18)12-20-9-8-16(11-20)19-15-5-2-1-3-6-15/h1-7,10,16-17,19,21H,8-9,11-14H2/t16-,17-/m1/s1. The number of likely N-dealkylation sites (tertiary alicyclic amines) is 1. The Morgan fingerprint density at radius 1 is 1.26 bits per heavy atom. The molecule has 0 saturated carbocycles. The number of thiophene rings is 1. The molecule has 1 aromatic heterocycles. The van der Waals surface area contributed by atoms with Gasteiger partial charge in [0.1, 0.15) is 0 Å². The average Bonchev–Trinajstić information content (AvgIpc) is 3.21. The van der Waals surface area contributed by atoms with Gasteiger partial charge >= 0.3 is 0 Å². The largest absolute Gasteiger partial charge is 0.389 e. The predicted molar refractivity (Wildman–Crippen MR) is 94.9 cm³/mol. The summed E-state index contributed by atoms with van der Waals surface area (Å²) in [6.07, 6.45) is 0.683. The van der Waals surface area contributed by atoms with Crippen LogP contribution < -0.4 is 5.32 Å². The van der Waals surface area contributed by atoms with Crippen molar-refractivity contribution in [3.8, 4) is 0 Å². The number of nitrogens with zero attached hydrogens (tertiary/aromatic N) is 1. The summed E-state index contributed by atoms with van der Waals surface area (Å²) >= 11 is 1.68. The molecule has 0 radical (unpaired) electrons. The highest BCUT2D eigenvalue weighted by atomic mass is 32.1. The van der Waals surface area contributed by atoms with Crippen LogP contribution in [0, 0.1) is 0 Å². The molecule has 0 spiro atoms. The number of hydrogen-bond donors (Lipinski definition) is 2. The van der Waals surface area contributed by atoms with Crippen molar-refractivity contribution in [3.05, 3.63) is 52.7 Å². The maximum atomic E-state index is 10.1. The van der Waals surface area contributed by atoms with Gasteiger partial charge in [0, 0.05) is 36.2 Å². The quantitative estimate of drug-likeness (QED) is 0.780. The molecule has 2 aromatic rings. The Labute approximate surface area is 141 Å². The lowest BCUT2D eigenvalue weighted by atomic mass is 10.2. The third-order valence-electron chi connectivity index (χ3n) is 4.02. The van der Waals surface area contributed by atoms with Crippen molar-refractivity contribution < 1.29 is 9.84 Å². The molecule has 3 rings (SSSR count). The van der Waals surface area contributed by atoms with Crippen LogP contribution in [0.2, 0.25) is 0 Å². The molecule has 5 heteroatoms. The zero-order chi connectivity index (χ0) is 15.9. The topological polar surface area (TPSA) is 44.7 Å². The monoisotopic (exact) mass is 332 g/mol. The zero-order valence-electron chi connectivity index (χ0n) is 13.2. The van der Waals surface area contributed by atoms with E-state index >= 15 is 0 Å². The summed E-state index contributed by atoms with van der Waals surface area (Å²) in [6.45, 7) is 3.65. The van der Waals surface area contributed by atoms with Crippen LogP contribution in [0.1, 0.15) is 11.3 Å². The Bertz CT molecular complexity index is 562. The van der Waals surface area contributed by atoms with Crippen LogP contribution >= 0.6 is 11.3 Å². The molecular formula is C18H24N2O2S. The maximum absolute atomic E-state index is 10.1. The lowest BCUT2D eigenvalue weighted by Gasteiger charge is -2.20.